The zero-order valence-corrected chi connectivity index (χ0v) is 12.5. The number of carbonyl (C=O) groups is 2. The van der Waals surface area contributed by atoms with Gasteiger partial charge in [-0.15, -0.1) is 0 Å². The van der Waals surface area contributed by atoms with E-state index in [1.54, 1.807) is 7.05 Å². The molecule has 1 aromatic rings. The van der Waals surface area contributed by atoms with Crippen molar-refractivity contribution in [1.29, 1.82) is 0 Å². The summed E-state index contributed by atoms with van der Waals surface area (Å²) in [7, 11) is 1.64. The number of hydrogen-bond donors (Lipinski definition) is 0. The fourth-order valence-corrected chi connectivity index (χ4v) is 3.42. The number of amides is 2. The maximum Gasteiger partial charge on any atom is 0.418 e. The van der Waals surface area contributed by atoms with Crippen molar-refractivity contribution < 1.29 is 22.8 Å². The monoisotopic (exact) mass is 327 g/mol. The van der Waals surface area contributed by atoms with Crippen LogP contribution in [0.25, 0.3) is 0 Å². The number of alkyl halides is 3. The third-order valence-corrected chi connectivity index (χ3v) is 4.51. The average Bonchev–Trinajstić information content (AvgIpc) is 2.81. The number of hydrogen-bond acceptors (Lipinski definition) is 3. The number of rotatable bonds is 1. The van der Waals surface area contributed by atoms with Crippen molar-refractivity contribution in [2.75, 3.05) is 20.1 Å². The standard InChI is InChI=1S/C15H16F3N3O2/c1-20-8-11-9(13(20)22)4-3-7-21(11)14(23)12-10(15(16,17)18)5-2-6-19-12/h2,5-6,9,11H,3-4,7-8H2,1H3/t9-,11-/m1/s1. The predicted molar refractivity (Wildman–Crippen MR) is 74.4 cm³/mol. The molecule has 0 N–H and O–H groups in total. The van der Waals surface area contributed by atoms with Crippen LogP contribution >= 0.6 is 0 Å². The molecule has 2 amide bonds. The van der Waals surface area contributed by atoms with Gasteiger partial charge in [0, 0.05) is 26.3 Å². The number of carbonyl (C=O) groups excluding carboxylic acids is 2. The van der Waals surface area contributed by atoms with Crippen LogP contribution in [0.3, 0.4) is 0 Å². The first-order chi connectivity index (χ1) is 10.8. The molecule has 0 saturated carbocycles. The van der Waals surface area contributed by atoms with Gasteiger partial charge in [0.05, 0.1) is 17.5 Å². The van der Waals surface area contributed by atoms with Crippen molar-refractivity contribution >= 4 is 11.8 Å². The topological polar surface area (TPSA) is 53.5 Å². The summed E-state index contributed by atoms with van der Waals surface area (Å²) in [5, 5.41) is 0. The lowest BCUT2D eigenvalue weighted by atomic mass is 9.91. The SMILES string of the molecule is CN1C[C@@H]2[C@@H](CCCN2C(=O)c2ncccc2C(F)(F)F)C1=O. The van der Waals surface area contributed by atoms with E-state index in [2.05, 4.69) is 4.98 Å². The molecular formula is C15H16F3N3O2. The molecule has 3 rings (SSSR count). The van der Waals surface area contributed by atoms with E-state index in [-0.39, 0.29) is 17.9 Å². The summed E-state index contributed by atoms with van der Waals surface area (Å²) in [6.45, 7) is 0.693. The minimum Gasteiger partial charge on any atom is -0.343 e. The van der Waals surface area contributed by atoms with Gasteiger partial charge in [-0.3, -0.25) is 14.6 Å². The van der Waals surface area contributed by atoms with Crippen molar-refractivity contribution in [1.82, 2.24) is 14.8 Å². The molecule has 0 aliphatic carbocycles. The summed E-state index contributed by atoms with van der Waals surface area (Å²) in [5.74, 6) is -1.13. The molecule has 2 aliphatic rings. The third kappa shape index (κ3) is 2.66. The molecule has 0 unspecified atom stereocenters. The molecule has 23 heavy (non-hydrogen) atoms. The maximum absolute atomic E-state index is 13.1. The Hall–Kier alpha value is -2.12. The molecule has 2 atom stereocenters. The van der Waals surface area contributed by atoms with Gasteiger partial charge >= 0.3 is 6.18 Å². The van der Waals surface area contributed by atoms with Gasteiger partial charge in [-0.25, -0.2) is 0 Å². The highest BCUT2D eigenvalue weighted by Gasteiger charge is 2.47. The highest BCUT2D eigenvalue weighted by atomic mass is 19.4. The Labute approximate surface area is 131 Å². The summed E-state index contributed by atoms with van der Waals surface area (Å²) in [5.41, 5.74) is -1.63. The van der Waals surface area contributed by atoms with Crippen LogP contribution in [0.4, 0.5) is 13.2 Å². The molecule has 0 radical (unpaired) electrons. The van der Waals surface area contributed by atoms with Crippen LogP contribution in [0.2, 0.25) is 0 Å². The fourth-order valence-electron chi connectivity index (χ4n) is 3.42. The quantitative estimate of drug-likeness (QED) is 0.790. The highest BCUT2D eigenvalue weighted by Crippen LogP contribution is 2.35. The summed E-state index contributed by atoms with van der Waals surface area (Å²) < 4.78 is 39.3. The first-order valence-electron chi connectivity index (χ1n) is 7.39. The Bertz CT molecular complexity index is 647. The van der Waals surface area contributed by atoms with E-state index in [4.69, 9.17) is 0 Å². The highest BCUT2D eigenvalue weighted by molar-refractivity contribution is 5.95. The van der Waals surface area contributed by atoms with Crippen LogP contribution < -0.4 is 0 Å². The summed E-state index contributed by atoms with van der Waals surface area (Å²) in [6.07, 6.45) is -2.21. The Morgan fingerprint density at radius 1 is 1.39 bits per heavy atom. The van der Waals surface area contributed by atoms with E-state index in [0.29, 0.717) is 25.9 Å². The number of likely N-dealkylation sites (tertiary alicyclic amines) is 2. The molecular weight excluding hydrogens is 311 g/mol. The van der Waals surface area contributed by atoms with Crippen LogP contribution in [0.5, 0.6) is 0 Å². The molecule has 2 aliphatic heterocycles. The molecule has 8 heteroatoms. The first kappa shape index (κ1) is 15.8. The van der Waals surface area contributed by atoms with Gasteiger partial charge in [-0.05, 0) is 25.0 Å². The van der Waals surface area contributed by atoms with Gasteiger partial charge in [-0.2, -0.15) is 13.2 Å². The van der Waals surface area contributed by atoms with Crippen molar-refractivity contribution in [3.05, 3.63) is 29.6 Å². The second kappa shape index (κ2) is 5.50. The average molecular weight is 327 g/mol. The Morgan fingerprint density at radius 2 is 2.13 bits per heavy atom. The predicted octanol–water partition coefficient (Wildman–Crippen LogP) is 1.79. The first-order valence-corrected chi connectivity index (χ1v) is 7.39. The number of fused-ring (bicyclic) bond motifs is 1. The van der Waals surface area contributed by atoms with Gasteiger partial charge in [-0.1, -0.05) is 0 Å². The molecule has 5 nitrogen and oxygen atoms in total. The number of piperidine rings is 1. The van der Waals surface area contributed by atoms with E-state index < -0.39 is 23.3 Å². The second-order valence-corrected chi connectivity index (χ2v) is 5.93. The number of nitrogens with zero attached hydrogens (tertiary/aromatic N) is 3. The Balaban J connectivity index is 1.94. The zero-order valence-electron chi connectivity index (χ0n) is 12.5. The summed E-state index contributed by atoms with van der Waals surface area (Å²) in [4.78, 5) is 31.3. The van der Waals surface area contributed by atoms with Crippen molar-refractivity contribution in [3.8, 4) is 0 Å². The number of likely N-dealkylation sites (N-methyl/N-ethyl adjacent to an activating group) is 1. The van der Waals surface area contributed by atoms with Gasteiger partial charge in [0.1, 0.15) is 5.69 Å². The number of pyridine rings is 1. The molecule has 2 fully saturated rings. The number of aromatic nitrogens is 1. The van der Waals surface area contributed by atoms with E-state index in [9.17, 15) is 22.8 Å². The zero-order chi connectivity index (χ0) is 16.8. The Kier molecular flexibility index (Phi) is 3.77. The minimum absolute atomic E-state index is 0.0513. The van der Waals surface area contributed by atoms with Crippen molar-refractivity contribution in [2.24, 2.45) is 5.92 Å². The largest absolute Gasteiger partial charge is 0.418 e. The van der Waals surface area contributed by atoms with E-state index >= 15 is 0 Å². The van der Waals surface area contributed by atoms with E-state index in [0.717, 1.165) is 12.1 Å². The second-order valence-electron chi connectivity index (χ2n) is 5.93. The van der Waals surface area contributed by atoms with E-state index in [1.807, 2.05) is 0 Å². The van der Waals surface area contributed by atoms with E-state index in [1.165, 1.54) is 16.0 Å². The molecule has 3 heterocycles. The lowest BCUT2D eigenvalue weighted by molar-refractivity contribution is -0.138. The molecule has 0 bridgehead atoms. The third-order valence-electron chi connectivity index (χ3n) is 4.51. The van der Waals surface area contributed by atoms with Gasteiger partial charge in [0.2, 0.25) is 5.91 Å². The van der Waals surface area contributed by atoms with Gasteiger partial charge < -0.3 is 9.80 Å². The van der Waals surface area contributed by atoms with Crippen LogP contribution in [0.1, 0.15) is 28.9 Å². The molecule has 1 aromatic heterocycles. The lowest BCUT2D eigenvalue weighted by Gasteiger charge is -2.36. The fraction of sp³-hybridized carbons (Fsp3) is 0.533. The van der Waals surface area contributed by atoms with Crippen LogP contribution in [-0.2, 0) is 11.0 Å². The van der Waals surface area contributed by atoms with Gasteiger partial charge in [0.25, 0.3) is 5.91 Å². The Morgan fingerprint density at radius 3 is 2.83 bits per heavy atom. The van der Waals surface area contributed by atoms with Crippen LogP contribution in [0.15, 0.2) is 18.3 Å². The lowest BCUT2D eigenvalue weighted by Crippen LogP contribution is -2.49. The molecule has 2 saturated heterocycles. The minimum atomic E-state index is -4.64. The van der Waals surface area contributed by atoms with Crippen molar-refractivity contribution in [2.45, 2.75) is 25.1 Å². The van der Waals surface area contributed by atoms with Gasteiger partial charge in [0.15, 0.2) is 0 Å². The summed E-state index contributed by atoms with van der Waals surface area (Å²) in [6, 6.07) is 1.64. The van der Waals surface area contributed by atoms with Crippen LogP contribution in [0, 0.1) is 5.92 Å². The summed E-state index contributed by atoms with van der Waals surface area (Å²) >= 11 is 0. The normalized spacial score (nSPS) is 24.8. The number of halogens is 3. The maximum atomic E-state index is 13.1. The smallest absolute Gasteiger partial charge is 0.343 e. The molecule has 0 spiro atoms. The molecule has 0 aromatic carbocycles. The van der Waals surface area contributed by atoms with Crippen molar-refractivity contribution in [3.63, 3.8) is 0 Å². The molecule has 124 valence electrons. The van der Waals surface area contributed by atoms with Crippen LogP contribution in [-0.4, -0.2) is 52.8 Å².